The highest BCUT2D eigenvalue weighted by Gasteiger charge is 2.35. The van der Waals surface area contributed by atoms with Gasteiger partial charge in [-0.1, -0.05) is 72.8 Å². The Morgan fingerprint density at radius 1 is 0.826 bits per heavy atom. The maximum Gasteiger partial charge on any atom is 0.264 e. The molecule has 0 radical (unpaired) electrons. The summed E-state index contributed by atoms with van der Waals surface area (Å²) in [6.07, 6.45) is 0.245. The highest BCUT2D eigenvalue weighted by atomic mass is 32.2. The molecule has 4 rings (SSSR count). The molecule has 0 aliphatic rings. The van der Waals surface area contributed by atoms with Crippen molar-refractivity contribution in [2.45, 2.75) is 64.1 Å². The molecule has 4 aromatic rings. The molecule has 0 aliphatic heterocycles. The lowest BCUT2D eigenvalue weighted by Gasteiger charge is -2.35. The van der Waals surface area contributed by atoms with Gasteiger partial charge in [-0.05, 0) is 87.7 Å². The molecule has 46 heavy (non-hydrogen) atoms. The fourth-order valence-electron chi connectivity index (χ4n) is 5.10. The van der Waals surface area contributed by atoms with Crippen LogP contribution in [-0.4, -0.2) is 49.9 Å². The predicted octanol–water partition coefficient (Wildman–Crippen LogP) is 6.14. The fraction of sp³-hybridized carbons (Fsp3) is 0.297. The van der Waals surface area contributed by atoms with Crippen molar-refractivity contribution in [3.8, 4) is 5.75 Å². The fourth-order valence-corrected chi connectivity index (χ4v) is 6.54. The number of anilines is 1. The maximum absolute atomic E-state index is 14.6. The van der Waals surface area contributed by atoms with Gasteiger partial charge >= 0.3 is 0 Å². The minimum atomic E-state index is -4.18. The summed E-state index contributed by atoms with van der Waals surface area (Å²) in [6, 6.07) is 30.9. The van der Waals surface area contributed by atoms with E-state index < -0.39 is 34.1 Å². The number of hydrogen-bond acceptors (Lipinski definition) is 5. The Morgan fingerprint density at radius 3 is 2.00 bits per heavy atom. The third-order valence-electron chi connectivity index (χ3n) is 7.42. The van der Waals surface area contributed by atoms with Crippen molar-refractivity contribution >= 4 is 27.5 Å². The van der Waals surface area contributed by atoms with Gasteiger partial charge in [-0.2, -0.15) is 0 Å². The summed E-state index contributed by atoms with van der Waals surface area (Å²) >= 11 is 0. The minimum Gasteiger partial charge on any atom is -0.494 e. The Morgan fingerprint density at radius 2 is 1.41 bits per heavy atom. The summed E-state index contributed by atoms with van der Waals surface area (Å²) in [7, 11) is -4.18. The molecular weight excluding hydrogens is 598 g/mol. The maximum atomic E-state index is 14.6. The smallest absolute Gasteiger partial charge is 0.264 e. The lowest BCUT2D eigenvalue weighted by Crippen LogP contribution is -2.56. The Balaban J connectivity index is 1.82. The van der Waals surface area contributed by atoms with Crippen LogP contribution in [0.3, 0.4) is 0 Å². The molecular formula is C37H43N3O5S. The van der Waals surface area contributed by atoms with Gasteiger partial charge in [0.05, 0.1) is 17.2 Å². The predicted molar refractivity (Wildman–Crippen MR) is 182 cm³/mol. The second-order valence-corrected chi connectivity index (χ2v) is 14.0. The first-order chi connectivity index (χ1) is 21.9. The van der Waals surface area contributed by atoms with Gasteiger partial charge < -0.3 is 15.0 Å². The molecule has 8 nitrogen and oxygen atoms in total. The van der Waals surface area contributed by atoms with Crippen molar-refractivity contribution in [3.05, 3.63) is 126 Å². The molecule has 1 N–H and O–H groups in total. The highest BCUT2D eigenvalue weighted by molar-refractivity contribution is 7.92. The number of carbonyl (C=O) groups excluding carboxylic acids is 2. The van der Waals surface area contributed by atoms with E-state index in [0.29, 0.717) is 18.0 Å². The summed E-state index contributed by atoms with van der Waals surface area (Å²) < 4.78 is 35.0. The van der Waals surface area contributed by atoms with E-state index in [9.17, 15) is 18.0 Å². The molecule has 4 aromatic carbocycles. The van der Waals surface area contributed by atoms with E-state index in [0.717, 1.165) is 21.0 Å². The molecule has 0 saturated heterocycles. The Hall–Kier alpha value is -4.63. The average Bonchev–Trinajstić information content (AvgIpc) is 3.03. The van der Waals surface area contributed by atoms with Crippen LogP contribution in [0.4, 0.5) is 5.69 Å². The lowest BCUT2D eigenvalue weighted by molar-refractivity contribution is -0.140. The Bertz CT molecular complexity index is 1700. The molecule has 9 heteroatoms. The zero-order valence-electron chi connectivity index (χ0n) is 27.1. The zero-order valence-corrected chi connectivity index (χ0v) is 28.0. The minimum absolute atomic E-state index is 0.0495. The molecule has 0 bridgehead atoms. The molecule has 0 aromatic heterocycles. The van der Waals surface area contributed by atoms with Crippen molar-refractivity contribution in [1.29, 1.82) is 0 Å². The van der Waals surface area contributed by atoms with Crippen molar-refractivity contribution in [1.82, 2.24) is 10.2 Å². The number of nitrogens with zero attached hydrogens (tertiary/aromatic N) is 2. The summed E-state index contributed by atoms with van der Waals surface area (Å²) in [5, 5.41) is 3.06. The number of sulfonamides is 1. The standard InChI is InChI=1S/C37H43N3O5S/c1-6-45-32-23-21-31(22-24-32)40(46(43,44)33-19-11-8-12-20-33)27-35(41)39(26-30-18-14-13-15-28(30)2)34(36(42)38-37(3,4)5)25-29-16-9-7-10-17-29/h7-24,34H,6,25-27H2,1-5H3,(H,38,42). The van der Waals surface area contributed by atoms with Crippen LogP contribution in [0, 0.1) is 6.92 Å². The normalized spacial score (nSPS) is 12.2. The van der Waals surface area contributed by atoms with Crippen LogP contribution >= 0.6 is 0 Å². The molecule has 2 amide bonds. The zero-order chi connectivity index (χ0) is 33.3. The third kappa shape index (κ3) is 8.97. The van der Waals surface area contributed by atoms with E-state index in [-0.39, 0.29) is 23.8 Å². The number of amides is 2. The number of hydrogen-bond donors (Lipinski definition) is 1. The van der Waals surface area contributed by atoms with Crippen molar-refractivity contribution in [2.24, 2.45) is 0 Å². The summed E-state index contributed by atoms with van der Waals surface area (Å²) in [4.78, 5) is 30.2. The summed E-state index contributed by atoms with van der Waals surface area (Å²) in [5.74, 6) is -0.254. The van der Waals surface area contributed by atoms with E-state index in [4.69, 9.17) is 4.74 Å². The van der Waals surface area contributed by atoms with Crippen LogP contribution in [0.15, 0.2) is 114 Å². The number of aryl methyl sites for hydroxylation is 1. The molecule has 0 spiro atoms. The summed E-state index contributed by atoms with van der Waals surface area (Å²) in [6.45, 7) is 9.52. The molecule has 0 fully saturated rings. The average molecular weight is 642 g/mol. The van der Waals surface area contributed by atoms with Gasteiger partial charge in [-0.15, -0.1) is 0 Å². The number of nitrogens with one attached hydrogen (secondary N) is 1. The topological polar surface area (TPSA) is 96.0 Å². The number of ether oxygens (including phenoxy) is 1. The first-order valence-electron chi connectivity index (χ1n) is 15.4. The van der Waals surface area contributed by atoms with Crippen LogP contribution in [-0.2, 0) is 32.6 Å². The number of rotatable bonds is 13. The molecule has 242 valence electrons. The van der Waals surface area contributed by atoms with Crippen LogP contribution in [0.1, 0.15) is 44.4 Å². The van der Waals surface area contributed by atoms with Crippen molar-refractivity contribution in [3.63, 3.8) is 0 Å². The molecule has 0 heterocycles. The highest BCUT2D eigenvalue weighted by Crippen LogP contribution is 2.27. The van der Waals surface area contributed by atoms with E-state index >= 15 is 0 Å². The van der Waals surface area contributed by atoms with Gasteiger partial charge in [0.2, 0.25) is 11.8 Å². The molecule has 0 aliphatic carbocycles. The second-order valence-electron chi connectivity index (χ2n) is 12.1. The second kappa shape index (κ2) is 15.1. The van der Waals surface area contributed by atoms with E-state index in [1.807, 2.05) is 89.2 Å². The molecule has 1 unspecified atom stereocenters. The quantitative estimate of drug-likeness (QED) is 0.189. The Labute approximate surface area is 273 Å². The molecule has 1 atom stereocenters. The van der Waals surface area contributed by atoms with Crippen molar-refractivity contribution in [2.75, 3.05) is 17.5 Å². The molecule has 0 saturated carbocycles. The third-order valence-corrected chi connectivity index (χ3v) is 9.21. The number of carbonyl (C=O) groups is 2. The van der Waals surface area contributed by atoms with E-state index in [2.05, 4.69) is 5.32 Å². The van der Waals surface area contributed by atoms with Crippen LogP contribution in [0.2, 0.25) is 0 Å². The first kappa shape index (κ1) is 34.2. The van der Waals surface area contributed by atoms with Crippen molar-refractivity contribution < 1.29 is 22.7 Å². The Kier molecular flexibility index (Phi) is 11.2. The van der Waals surface area contributed by atoms with Gasteiger partial charge in [0.15, 0.2) is 0 Å². The van der Waals surface area contributed by atoms with E-state index in [1.165, 1.54) is 17.0 Å². The van der Waals surface area contributed by atoms with Crippen LogP contribution in [0.5, 0.6) is 5.75 Å². The van der Waals surface area contributed by atoms with Gasteiger partial charge in [0, 0.05) is 18.5 Å². The van der Waals surface area contributed by atoms with Gasteiger partial charge in [0.25, 0.3) is 10.0 Å². The monoisotopic (exact) mass is 641 g/mol. The van der Waals surface area contributed by atoms with Crippen LogP contribution in [0.25, 0.3) is 0 Å². The van der Waals surface area contributed by atoms with E-state index in [1.54, 1.807) is 42.5 Å². The summed E-state index contributed by atoms with van der Waals surface area (Å²) in [5.41, 5.74) is 2.43. The van der Waals surface area contributed by atoms with Crippen LogP contribution < -0.4 is 14.4 Å². The number of benzene rings is 4. The van der Waals surface area contributed by atoms with Gasteiger partial charge in [0.1, 0.15) is 18.3 Å². The SMILES string of the molecule is CCOc1ccc(N(CC(=O)N(Cc2ccccc2C)C(Cc2ccccc2)C(=O)NC(C)(C)C)S(=O)(=O)c2ccccc2)cc1. The van der Waals surface area contributed by atoms with Gasteiger partial charge in [-0.3, -0.25) is 13.9 Å². The largest absolute Gasteiger partial charge is 0.494 e. The lowest BCUT2D eigenvalue weighted by atomic mass is 10.00. The van der Waals surface area contributed by atoms with Gasteiger partial charge in [-0.25, -0.2) is 8.42 Å². The first-order valence-corrected chi connectivity index (χ1v) is 16.8.